The van der Waals surface area contributed by atoms with E-state index in [-0.39, 0.29) is 18.4 Å². The first-order valence-electron chi connectivity index (χ1n) is 2.56. The first-order valence-corrected chi connectivity index (χ1v) is 2.56. The Morgan fingerprint density at radius 1 is 1.50 bits per heavy atom. The van der Waals surface area contributed by atoms with E-state index in [0.717, 1.165) is 0 Å². The number of carbonyl (C=O) groups excluding carboxylic acids is 1. The summed E-state index contributed by atoms with van der Waals surface area (Å²) in [4.78, 5) is 10.4. The van der Waals surface area contributed by atoms with Crippen molar-refractivity contribution in [1.82, 2.24) is 0 Å². The van der Waals surface area contributed by atoms with Crippen LogP contribution in [-0.2, 0) is 14.3 Å². The van der Waals surface area contributed by atoms with Crippen LogP contribution < -0.4 is 0 Å². The van der Waals surface area contributed by atoms with E-state index in [0.29, 0.717) is 0 Å². The van der Waals surface area contributed by atoms with Gasteiger partial charge in [-0.15, -0.1) is 0 Å². The lowest BCUT2D eigenvalue weighted by Crippen LogP contribution is -2.09. The molecule has 3 nitrogen and oxygen atoms in total. The SMILES string of the molecule is C[C@@H]1OC(=O)[C@H](C)O1. The van der Waals surface area contributed by atoms with Gasteiger partial charge in [-0.2, -0.15) is 0 Å². The van der Waals surface area contributed by atoms with Crippen LogP contribution >= 0.6 is 0 Å². The van der Waals surface area contributed by atoms with Gasteiger partial charge in [0.05, 0.1) is 0 Å². The second-order valence-corrected chi connectivity index (χ2v) is 1.78. The third-order valence-corrected chi connectivity index (χ3v) is 1.01. The predicted molar refractivity (Wildman–Crippen MR) is 26.1 cm³/mol. The molecule has 0 unspecified atom stereocenters. The minimum Gasteiger partial charge on any atom is -0.434 e. The zero-order chi connectivity index (χ0) is 6.15. The summed E-state index contributed by atoms with van der Waals surface area (Å²) in [6.45, 7) is 3.37. The van der Waals surface area contributed by atoms with E-state index in [1.165, 1.54) is 0 Å². The van der Waals surface area contributed by atoms with E-state index in [9.17, 15) is 4.79 Å². The molecule has 0 saturated carbocycles. The summed E-state index contributed by atoms with van der Waals surface area (Å²) in [5.41, 5.74) is 0. The van der Waals surface area contributed by atoms with Crippen molar-refractivity contribution >= 4 is 5.97 Å². The lowest BCUT2D eigenvalue weighted by atomic mass is 10.4. The molecule has 0 radical (unpaired) electrons. The Hall–Kier alpha value is -0.570. The molecular formula is C5H8O3. The molecule has 8 heavy (non-hydrogen) atoms. The third kappa shape index (κ3) is 0.816. The van der Waals surface area contributed by atoms with Gasteiger partial charge in [-0.25, -0.2) is 4.79 Å². The van der Waals surface area contributed by atoms with Crippen LogP contribution in [0.5, 0.6) is 0 Å². The van der Waals surface area contributed by atoms with Crippen LogP contribution in [0.4, 0.5) is 0 Å². The maximum atomic E-state index is 10.4. The molecule has 1 saturated heterocycles. The predicted octanol–water partition coefficient (Wildman–Crippen LogP) is 0.294. The van der Waals surface area contributed by atoms with E-state index in [1.807, 2.05) is 0 Å². The maximum absolute atomic E-state index is 10.4. The normalized spacial score (nSPS) is 37.5. The monoisotopic (exact) mass is 116 g/mol. The standard InChI is InChI=1S/C5H8O3/c1-3-5(6)8-4(2)7-3/h3-4H,1-2H3/t3-,4-/m0/s1. The highest BCUT2D eigenvalue weighted by Gasteiger charge is 2.27. The largest absolute Gasteiger partial charge is 0.434 e. The van der Waals surface area contributed by atoms with Gasteiger partial charge in [0.15, 0.2) is 6.10 Å². The molecule has 1 fully saturated rings. The summed E-state index contributed by atoms with van der Waals surface area (Å²) < 4.78 is 9.51. The van der Waals surface area contributed by atoms with Gasteiger partial charge >= 0.3 is 5.97 Å². The second kappa shape index (κ2) is 1.74. The molecule has 1 aliphatic heterocycles. The van der Waals surface area contributed by atoms with Crippen LogP contribution in [0.3, 0.4) is 0 Å². The fraction of sp³-hybridized carbons (Fsp3) is 0.800. The van der Waals surface area contributed by atoms with Gasteiger partial charge in [0, 0.05) is 0 Å². The lowest BCUT2D eigenvalue weighted by molar-refractivity contribution is -0.142. The summed E-state index contributed by atoms with van der Waals surface area (Å²) in [5, 5.41) is 0. The summed E-state index contributed by atoms with van der Waals surface area (Å²) >= 11 is 0. The number of rotatable bonds is 0. The van der Waals surface area contributed by atoms with Crippen molar-refractivity contribution in [3.8, 4) is 0 Å². The Balaban J connectivity index is 2.51. The number of cyclic esters (lactones) is 1. The number of hydrogen-bond acceptors (Lipinski definition) is 3. The van der Waals surface area contributed by atoms with Crippen molar-refractivity contribution in [2.75, 3.05) is 0 Å². The zero-order valence-electron chi connectivity index (χ0n) is 4.88. The quantitative estimate of drug-likeness (QED) is 0.427. The molecule has 2 atom stereocenters. The van der Waals surface area contributed by atoms with Crippen LogP contribution in [0, 0.1) is 0 Å². The van der Waals surface area contributed by atoms with Crippen LogP contribution in [0.2, 0.25) is 0 Å². The smallest absolute Gasteiger partial charge is 0.337 e. The first-order chi connectivity index (χ1) is 3.70. The van der Waals surface area contributed by atoms with Gasteiger partial charge in [0.1, 0.15) is 0 Å². The van der Waals surface area contributed by atoms with Crippen molar-refractivity contribution in [1.29, 1.82) is 0 Å². The molecule has 0 aliphatic carbocycles. The molecule has 0 aromatic rings. The third-order valence-electron chi connectivity index (χ3n) is 1.01. The van der Waals surface area contributed by atoms with E-state index < -0.39 is 0 Å². The topological polar surface area (TPSA) is 35.5 Å². The van der Waals surface area contributed by atoms with E-state index in [2.05, 4.69) is 4.74 Å². The van der Waals surface area contributed by atoms with Crippen LogP contribution in [0.15, 0.2) is 0 Å². The van der Waals surface area contributed by atoms with Crippen molar-refractivity contribution in [2.24, 2.45) is 0 Å². The van der Waals surface area contributed by atoms with Gasteiger partial charge in [-0.3, -0.25) is 0 Å². The second-order valence-electron chi connectivity index (χ2n) is 1.78. The van der Waals surface area contributed by atoms with E-state index >= 15 is 0 Å². The molecule has 0 aromatic heterocycles. The highest BCUT2D eigenvalue weighted by atomic mass is 16.7. The minimum atomic E-state index is -0.370. The van der Waals surface area contributed by atoms with Crippen molar-refractivity contribution in [2.45, 2.75) is 26.2 Å². The highest BCUT2D eigenvalue weighted by molar-refractivity contribution is 5.75. The number of hydrogen-bond donors (Lipinski definition) is 0. The average Bonchev–Trinajstić information content (AvgIpc) is 1.85. The Labute approximate surface area is 47.6 Å². The van der Waals surface area contributed by atoms with Gasteiger partial charge in [-0.1, -0.05) is 0 Å². The molecule has 3 heteroatoms. The fourth-order valence-electron chi connectivity index (χ4n) is 0.630. The van der Waals surface area contributed by atoms with Gasteiger partial charge in [0.25, 0.3) is 0 Å². The highest BCUT2D eigenvalue weighted by Crippen LogP contribution is 2.10. The summed E-state index contributed by atoms with van der Waals surface area (Å²) in [7, 11) is 0. The molecule has 1 heterocycles. The molecule has 46 valence electrons. The Bertz CT molecular complexity index is 110. The first kappa shape index (κ1) is 5.56. The maximum Gasteiger partial charge on any atom is 0.337 e. The number of esters is 1. The molecule has 0 spiro atoms. The number of ether oxygens (including phenoxy) is 2. The Morgan fingerprint density at radius 2 is 2.12 bits per heavy atom. The van der Waals surface area contributed by atoms with Crippen LogP contribution in [-0.4, -0.2) is 18.4 Å². The van der Waals surface area contributed by atoms with E-state index in [1.54, 1.807) is 13.8 Å². The van der Waals surface area contributed by atoms with Crippen LogP contribution in [0.1, 0.15) is 13.8 Å². The molecule has 0 amide bonds. The summed E-state index contributed by atoms with van der Waals surface area (Å²) in [6.07, 6.45) is -0.720. The van der Waals surface area contributed by atoms with E-state index in [4.69, 9.17) is 4.74 Å². The molecule has 1 aliphatic rings. The summed E-state index contributed by atoms with van der Waals surface area (Å²) in [5.74, 6) is -0.266. The van der Waals surface area contributed by atoms with Gasteiger partial charge < -0.3 is 9.47 Å². The van der Waals surface area contributed by atoms with Crippen molar-refractivity contribution in [3.05, 3.63) is 0 Å². The summed E-state index contributed by atoms with van der Waals surface area (Å²) in [6, 6.07) is 0. The fourth-order valence-corrected chi connectivity index (χ4v) is 0.630. The van der Waals surface area contributed by atoms with Gasteiger partial charge in [0.2, 0.25) is 6.29 Å². The zero-order valence-corrected chi connectivity index (χ0v) is 4.88. The van der Waals surface area contributed by atoms with Crippen LogP contribution in [0.25, 0.3) is 0 Å². The molecular weight excluding hydrogens is 108 g/mol. The lowest BCUT2D eigenvalue weighted by Gasteiger charge is -1.96. The van der Waals surface area contributed by atoms with Crippen molar-refractivity contribution in [3.63, 3.8) is 0 Å². The molecule has 1 rings (SSSR count). The molecule has 0 N–H and O–H groups in total. The Morgan fingerprint density at radius 3 is 2.25 bits per heavy atom. The van der Waals surface area contributed by atoms with Gasteiger partial charge in [-0.05, 0) is 13.8 Å². The minimum absolute atomic E-state index is 0.266. The molecule has 0 aromatic carbocycles. The number of carbonyl (C=O) groups is 1. The van der Waals surface area contributed by atoms with Crippen molar-refractivity contribution < 1.29 is 14.3 Å². The Kier molecular flexibility index (Phi) is 1.21. The average molecular weight is 116 g/mol. The molecule has 0 bridgehead atoms.